The summed E-state index contributed by atoms with van der Waals surface area (Å²) in [6.45, 7) is 1.77. The van der Waals surface area contributed by atoms with E-state index in [-0.39, 0.29) is 17.9 Å². The van der Waals surface area contributed by atoms with Crippen molar-refractivity contribution in [1.82, 2.24) is 4.98 Å². The number of amides is 1. The van der Waals surface area contributed by atoms with E-state index in [4.69, 9.17) is 5.26 Å². The number of nitriles is 1. The molecule has 0 atom stereocenters. The highest BCUT2D eigenvalue weighted by Gasteiger charge is 2.13. The van der Waals surface area contributed by atoms with E-state index >= 15 is 0 Å². The fourth-order valence-corrected chi connectivity index (χ4v) is 2.35. The summed E-state index contributed by atoms with van der Waals surface area (Å²) >= 11 is 0. The number of aromatic nitrogens is 1. The van der Waals surface area contributed by atoms with Crippen molar-refractivity contribution in [3.8, 4) is 17.2 Å². The van der Waals surface area contributed by atoms with Crippen molar-refractivity contribution in [2.75, 3.05) is 5.32 Å². The van der Waals surface area contributed by atoms with Gasteiger partial charge in [-0.15, -0.1) is 0 Å². The van der Waals surface area contributed by atoms with Crippen molar-refractivity contribution in [2.24, 2.45) is 4.99 Å². The van der Waals surface area contributed by atoms with Gasteiger partial charge >= 0.3 is 0 Å². The third-order valence-electron chi connectivity index (χ3n) is 3.45. The van der Waals surface area contributed by atoms with E-state index in [1.54, 1.807) is 25.3 Å². The molecule has 0 unspecified atom stereocenters. The van der Waals surface area contributed by atoms with Gasteiger partial charge in [0.25, 0.3) is 5.56 Å². The first-order valence-corrected chi connectivity index (χ1v) is 6.69. The molecule has 2 N–H and O–H groups in total. The number of carbonyl (C=O) groups excluding carboxylic acids is 1. The summed E-state index contributed by atoms with van der Waals surface area (Å²) in [6, 6.07) is 8.85. The van der Waals surface area contributed by atoms with Gasteiger partial charge in [-0.1, -0.05) is 6.07 Å². The number of nitrogens with zero attached hydrogens (tertiary/aromatic N) is 2. The van der Waals surface area contributed by atoms with E-state index < -0.39 is 5.56 Å². The fraction of sp³-hybridized carbons (Fsp3) is 0.125. The second kappa shape index (κ2) is 5.30. The molecule has 0 saturated carbocycles. The van der Waals surface area contributed by atoms with Crippen LogP contribution < -0.4 is 10.9 Å². The van der Waals surface area contributed by atoms with Crippen LogP contribution in [0.4, 0.5) is 11.4 Å². The van der Waals surface area contributed by atoms with Gasteiger partial charge in [0.1, 0.15) is 11.6 Å². The Balaban J connectivity index is 2.15. The highest BCUT2D eigenvalue weighted by atomic mass is 16.1. The van der Waals surface area contributed by atoms with Crippen LogP contribution in [0.5, 0.6) is 0 Å². The number of aromatic amines is 1. The van der Waals surface area contributed by atoms with E-state index in [2.05, 4.69) is 15.3 Å². The van der Waals surface area contributed by atoms with Crippen LogP contribution in [0.2, 0.25) is 0 Å². The van der Waals surface area contributed by atoms with Crippen LogP contribution in [0.15, 0.2) is 34.1 Å². The Bertz CT molecular complexity index is 903. The van der Waals surface area contributed by atoms with Gasteiger partial charge in [-0.3, -0.25) is 14.6 Å². The average molecular weight is 292 g/mol. The second-order valence-corrected chi connectivity index (χ2v) is 4.96. The lowest BCUT2D eigenvalue weighted by Crippen LogP contribution is -2.12. The SMILES string of the molecule is Cc1[nH]c(=O)c(C#N)cc1-c1ccc2c(c1)N=CCC(=O)N2. The first-order valence-electron chi connectivity index (χ1n) is 6.69. The molecule has 2 heterocycles. The van der Waals surface area contributed by atoms with Crippen LogP contribution in [0.3, 0.4) is 0 Å². The molecule has 3 rings (SSSR count). The maximum atomic E-state index is 11.6. The van der Waals surface area contributed by atoms with Crippen LogP contribution in [0.25, 0.3) is 11.1 Å². The summed E-state index contributed by atoms with van der Waals surface area (Å²) in [6.07, 6.45) is 1.80. The van der Waals surface area contributed by atoms with Gasteiger partial charge in [-0.05, 0) is 30.7 Å². The molecule has 0 bridgehead atoms. The normalized spacial score (nSPS) is 13.0. The number of carbonyl (C=O) groups is 1. The lowest BCUT2D eigenvalue weighted by molar-refractivity contribution is -0.115. The zero-order valence-electron chi connectivity index (χ0n) is 11.8. The number of hydrogen-bond donors (Lipinski definition) is 2. The maximum absolute atomic E-state index is 11.6. The third kappa shape index (κ3) is 2.40. The molecule has 1 aromatic heterocycles. The summed E-state index contributed by atoms with van der Waals surface area (Å²) in [5, 5.41) is 11.8. The molecule has 0 fully saturated rings. The number of anilines is 1. The average Bonchev–Trinajstić information content (AvgIpc) is 2.67. The second-order valence-electron chi connectivity index (χ2n) is 4.96. The van der Waals surface area contributed by atoms with E-state index in [1.165, 1.54) is 0 Å². The molecule has 1 amide bonds. The molecule has 1 aliphatic rings. The number of aliphatic imine (C=N–C) groups is 1. The smallest absolute Gasteiger partial charge is 0.266 e. The maximum Gasteiger partial charge on any atom is 0.266 e. The Labute approximate surface area is 126 Å². The Kier molecular flexibility index (Phi) is 3.31. The van der Waals surface area contributed by atoms with Crippen molar-refractivity contribution >= 4 is 23.5 Å². The molecule has 1 aromatic carbocycles. The molecule has 0 spiro atoms. The zero-order valence-corrected chi connectivity index (χ0v) is 11.8. The minimum absolute atomic E-state index is 0.0624. The number of benzene rings is 1. The van der Waals surface area contributed by atoms with Gasteiger partial charge in [0, 0.05) is 17.5 Å². The van der Waals surface area contributed by atoms with E-state index in [9.17, 15) is 9.59 Å². The lowest BCUT2D eigenvalue weighted by Gasteiger charge is -2.10. The van der Waals surface area contributed by atoms with Crippen LogP contribution in [-0.2, 0) is 4.79 Å². The van der Waals surface area contributed by atoms with Crippen molar-refractivity contribution in [1.29, 1.82) is 5.26 Å². The quantitative estimate of drug-likeness (QED) is 0.843. The van der Waals surface area contributed by atoms with Crippen LogP contribution >= 0.6 is 0 Å². The predicted molar refractivity (Wildman–Crippen MR) is 83.3 cm³/mol. The van der Waals surface area contributed by atoms with Crippen LogP contribution in [-0.4, -0.2) is 17.1 Å². The van der Waals surface area contributed by atoms with Crippen LogP contribution in [0.1, 0.15) is 17.7 Å². The molecule has 0 radical (unpaired) electrons. The topological polar surface area (TPSA) is 98.1 Å². The molecular formula is C16H12N4O2. The van der Waals surface area contributed by atoms with Gasteiger partial charge in [-0.2, -0.15) is 5.26 Å². The molecule has 6 nitrogen and oxygen atoms in total. The highest BCUT2D eigenvalue weighted by Crippen LogP contribution is 2.33. The largest absolute Gasteiger partial charge is 0.325 e. The Morgan fingerprint density at radius 2 is 2.09 bits per heavy atom. The van der Waals surface area contributed by atoms with Gasteiger partial charge in [-0.25, -0.2) is 0 Å². The van der Waals surface area contributed by atoms with Gasteiger partial charge in [0.2, 0.25) is 5.91 Å². The Hall–Kier alpha value is -3.20. The first kappa shape index (κ1) is 13.8. The van der Waals surface area contributed by atoms with E-state index in [1.807, 2.05) is 18.2 Å². The third-order valence-corrected chi connectivity index (χ3v) is 3.45. The standard InChI is InChI=1S/C16H12N4O2/c1-9-12(6-11(8-17)16(22)19-9)10-2-3-13-14(7-10)18-5-4-15(21)20-13/h2-3,5-7H,4H2,1H3,(H,19,22)(H,20,21). The Morgan fingerprint density at radius 3 is 2.86 bits per heavy atom. The lowest BCUT2D eigenvalue weighted by atomic mass is 10.0. The predicted octanol–water partition coefficient (Wildman–Crippen LogP) is 2.27. The molecule has 0 aliphatic carbocycles. The molecule has 108 valence electrons. The van der Waals surface area contributed by atoms with Gasteiger partial charge in [0.15, 0.2) is 0 Å². The number of pyridine rings is 1. The van der Waals surface area contributed by atoms with Crippen molar-refractivity contribution in [3.05, 3.63) is 45.9 Å². The van der Waals surface area contributed by atoms with Gasteiger partial charge < -0.3 is 10.3 Å². The molecule has 1 aliphatic heterocycles. The molecular weight excluding hydrogens is 280 g/mol. The molecule has 0 saturated heterocycles. The van der Waals surface area contributed by atoms with Crippen LogP contribution in [0, 0.1) is 18.3 Å². The summed E-state index contributed by atoms with van der Waals surface area (Å²) in [4.78, 5) is 30.1. The number of rotatable bonds is 1. The zero-order chi connectivity index (χ0) is 15.7. The first-order chi connectivity index (χ1) is 10.6. The van der Waals surface area contributed by atoms with E-state index in [0.29, 0.717) is 17.1 Å². The fourth-order valence-electron chi connectivity index (χ4n) is 2.35. The summed E-state index contributed by atoms with van der Waals surface area (Å²) < 4.78 is 0. The number of aryl methyl sites for hydroxylation is 1. The van der Waals surface area contributed by atoms with E-state index in [0.717, 1.165) is 11.1 Å². The molecule has 6 heteroatoms. The number of nitrogens with one attached hydrogen (secondary N) is 2. The highest BCUT2D eigenvalue weighted by molar-refractivity contribution is 6.04. The summed E-state index contributed by atoms with van der Waals surface area (Å²) in [7, 11) is 0. The van der Waals surface area contributed by atoms with Crippen molar-refractivity contribution < 1.29 is 4.79 Å². The molecule has 22 heavy (non-hydrogen) atoms. The monoisotopic (exact) mass is 292 g/mol. The minimum atomic E-state index is -0.399. The van der Waals surface area contributed by atoms with Gasteiger partial charge in [0.05, 0.1) is 17.8 Å². The number of H-pyrrole nitrogens is 1. The minimum Gasteiger partial charge on any atom is -0.325 e. The summed E-state index contributed by atoms with van der Waals surface area (Å²) in [5.41, 5.74) is 3.20. The number of fused-ring (bicyclic) bond motifs is 1. The van der Waals surface area contributed by atoms with Crippen molar-refractivity contribution in [2.45, 2.75) is 13.3 Å². The Morgan fingerprint density at radius 1 is 1.27 bits per heavy atom. The summed E-state index contributed by atoms with van der Waals surface area (Å²) in [5.74, 6) is -0.109. The van der Waals surface area contributed by atoms with Crippen molar-refractivity contribution in [3.63, 3.8) is 0 Å². The molecule has 2 aromatic rings. The number of hydrogen-bond acceptors (Lipinski definition) is 4.